The quantitative estimate of drug-likeness (QED) is 0.770. The maximum absolute atomic E-state index is 5.95. The Morgan fingerprint density at radius 3 is 2.94 bits per heavy atom. The molecule has 1 aromatic rings. The summed E-state index contributed by atoms with van der Waals surface area (Å²) in [5.41, 5.74) is 10.1. The summed E-state index contributed by atoms with van der Waals surface area (Å²) in [7, 11) is 1.89. The van der Waals surface area contributed by atoms with Gasteiger partial charge in [-0.05, 0) is 30.4 Å². The third-order valence-corrected chi connectivity index (χ3v) is 2.95. The summed E-state index contributed by atoms with van der Waals surface area (Å²) >= 11 is 0. The molecule has 1 aliphatic rings. The number of nitrogen functional groups attached to an aromatic ring is 1. The van der Waals surface area contributed by atoms with Crippen molar-refractivity contribution in [3.8, 4) is 0 Å². The van der Waals surface area contributed by atoms with Crippen LogP contribution in [0, 0.1) is 5.92 Å². The normalized spacial score (nSPS) is 20.2. The molecule has 1 heterocycles. The van der Waals surface area contributed by atoms with Gasteiger partial charge < -0.3 is 5.73 Å². The number of allylic oxidation sites excluding steroid dienone is 5. The Kier molecular flexibility index (Phi) is 2.69. The van der Waals surface area contributed by atoms with Crippen molar-refractivity contribution in [3.05, 3.63) is 42.3 Å². The van der Waals surface area contributed by atoms with Crippen LogP contribution in [-0.4, -0.2) is 9.78 Å². The van der Waals surface area contributed by atoms with Crippen molar-refractivity contribution in [3.63, 3.8) is 0 Å². The zero-order valence-corrected chi connectivity index (χ0v) is 9.77. The van der Waals surface area contributed by atoms with Crippen molar-refractivity contribution < 1.29 is 0 Å². The summed E-state index contributed by atoms with van der Waals surface area (Å²) in [6.45, 7) is 5.93. The van der Waals surface area contributed by atoms with Crippen molar-refractivity contribution in [1.29, 1.82) is 0 Å². The van der Waals surface area contributed by atoms with Gasteiger partial charge in [0.1, 0.15) is 5.69 Å². The van der Waals surface area contributed by atoms with Gasteiger partial charge >= 0.3 is 0 Å². The molecule has 0 bridgehead atoms. The van der Waals surface area contributed by atoms with Gasteiger partial charge in [0.25, 0.3) is 0 Å². The highest BCUT2D eigenvalue weighted by molar-refractivity contribution is 5.76. The second-order valence-electron chi connectivity index (χ2n) is 4.23. The highest BCUT2D eigenvalue weighted by Gasteiger charge is 2.17. The average Bonchev–Trinajstić information content (AvgIpc) is 2.58. The molecule has 1 unspecified atom stereocenters. The topological polar surface area (TPSA) is 43.8 Å². The van der Waals surface area contributed by atoms with Crippen LogP contribution in [-0.2, 0) is 7.05 Å². The minimum absolute atomic E-state index is 0.389. The van der Waals surface area contributed by atoms with E-state index in [0.29, 0.717) is 5.92 Å². The fraction of sp³-hybridized carbons (Fsp3) is 0.308. The van der Waals surface area contributed by atoms with Crippen molar-refractivity contribution in [2.75, 3.05) is 5.73 Å². The van der Waals surface area contributed by atoms with Crippen LogP contribution < -0.4 is 5.73 Å². The standard InChI is InChI=1S/C13H17N3/c1-4-10-6-5-9(2)11(7-10)13-12(14)8-16(3)15-13/h4-6,8,10H,1,7,14H2,2-3H3. The second-order valence-corrected chi connectivity index (χ2v) is 4.23. The van der Waals surface area contributed by atoms with Gasteiger partial charge in [-0.2, -0.15) is 5.10 Å². The van der Waals surface area contributed by atoms with E-state index in [1.807, 2.05) is 19.3 Å². The first-order chi connectivity index (χ1) is 7.61. The summed E-state index contributed by atoms with van der Waals surface area (Å²) < 4.78 is 1.76. The third kappa shape index (κ3) is 1.81. The lowest BCUT2D eigenvalue weighted by Crippen LogP contribution is -2.04. The monoisotopic (exact) mass is 215 g/mol. The maximum Gasteiger partial charge on any atom is 0.111 e. The molecule has 0 fully saturated rings. The van der Waals surface area contributed by atoms with E-state index in [0.717, 1.165) is 17.8 Å². The Balaban J connectivity index is 2.43. The van der Waals surface area contributed by atoms with Gasteiger partial charge in [0, 0.05) is 13.2 Å². The van der Waals surface area contributed by atoms with Crippen molar-refractivity contribution >= 4 is 11.3 Å². The van der Waals surface area contributed by atoms with Crippen LogP contribution >= 0.6 is 0 Å². The van der Waals surface area contributed by atoms with E-state index < -0.39 is 0 Å². The van der Waals surface area contributed by atoms with Crippen LogP contribution in [0.1, 0.15) is 19.0 Å². The number of nitrogens with zero attached hydrogens (tertiary/aromatic N) is 2. The fourth-order valence-electron chi connectivity index (χ4n) is 2.02. The van der Waals surface area contributed by atoms with Gasteiger partial charge in [-0.25, -0.2) is 0 Å². The number of aromatic nitrogens is 2. The van der Waals surface area contributed by atoms with E-state index >= 15 is 0 Å². The molecule has 84 valence electrons. The highest BCUT2D eigenvalue weighted by Crippen LogP contribution is 2.33. The molecule has 1 aromatic heterocycles. The zero-order chi connectivity index (χ0) is 11.7. The van der Waals surface area contributed by atoms with E-state index in [-0.39, 0.29) is 0 Å². The van der Waals surface area contributed by atoms with E-state index in [1.54, 1.807) is 4.68 Å². The van der Waals surface area contributed by atoms with Crippen LogP contribution in [0.15, 0.2) is 36.6 Å². The van der Waals surface area contributed by atoms with Crippen LogP contribution in [0.4, 0.5) is 5.69 Å². The number of hydrogen-bond donors (Lipinski definition) is 1. The first kappa shape index (κ1) is 10.7. The molecule has 0 aliphatic heterocycles. The predicted octanol–water partition coefficient (Wildman–Crippen LogP) is 2.54. The molecule has 0 saturated heterocycles. The van der Waals surface area contributed by atoms with Gasteiger partial charge in [-0.3, -0.25) is 4.68 Å². The lowest BCUT2D eigenvalue weighted by atomic mass is 9.88. The number of anilines is 1. The fourth-order valence-corrected chi connectivity index (χ4v) is 2.02. The van der Waals surface area contributed by atoms with Crippen LogP contribution in [0.3, 0.4) is 0 Å². The largest absolute Gasteiger partial charge is 0.396 e. The molecule has 0 aromatic carbocycles. The lowest BCUT2D eigenvalue weighted by molar-refractivity contribution is 0.754. The van der Waals surface area contributed by atoms with Gasteiger partial charge in [0.05, 0.1) is 5.69 Å². The number of aryl methyl sites for hydroxylation is 1. The van der Waals surface area contributed by atoms with Crippen LogP contribution in [0.2, 0.25) is 0 Å². The Hall–Kier alpha value is -1.77. The van der Waals surface area contributed by atoms with E-state index in [1.165, 1.54) is 11.1 Å². The molecular formula is C13H17N3. The summed E-state index contributed by atoms with van der Waals surface area (Å²) in [5.74, 6) is 0.389. The van der Waals surface area contributed by atoms with Crippen LogP contribution in [0.25, 0.3) is 5.57 Å². The number of rotatable bonds is 2. The molecule has 16 heavy (non-hydrogen) atoms. The van der Waals surface area contributed by atoms with Crippen molar-refractivity contribution in [2.45, 2.75) is 13.3 Å². The molecule has 2 rings (SSSR count). The molecule has 0 saturated carbocycles. The van der Waals surface area contributed by atoms with Crippen LogP contribution in [0.5, 0.6) is 0 Å². The highest BCUT2D eigenvalue weighted by atomic mass is 15.3. The lowest BCUT2D eigenvalue weighted by Gasteiger charge is -2.17. The minimum atomic E-state index is 0.389. The second kappa shape index (κ2) is 4.00. The Morgan fingerprint density at radius 2 is 2.38 bits per heavy atom. The first-order valence-corrected chi connectivity index (χ1v) is 5.42. The predicted molar refractivity (Wildman–Crippen MR) is 67.7 cm³/mol. The van der Waals surface area contributed by atoms with Gasteiger partial charge in [-0.1, -0.05) is 18.2 Å². The Bertz CT molecular complexity index is 477. The van der Waals surface area contributed by atoms with Crippen molar-refractivity contribution in [2.24, 2.45) is 13.0 Å². The smallest absolute Gasteiger partial charge is 0.111 e. The zero-order valence-electron chi connectivity index (χ0n) is 9.77. The van der Waals surface area contributed by atoms with E-state index in [4.69, 9.17) is 5.73 Å². The molecule has 3 nitrogen and oxygen atoms in total. The Morgan fingerprint density at radius 1 is 1.62 bits per heavy atom. The molecular weight excluding hydrogens is 198 g/mol. The van der Waals surface area contributed by atoms with Gasteiger partial charge in [0.2, 0.25) is 0 Å². The Labute approximate surface area is 96.0 Å². The summed E-state index contributed by atoms with van der Waals surface area (Å²) in [6.07, 6.45) is 9.04. The van der Waals surface area contributed by atoms with Crippen molar-refractivity contribution in [1.82, 2.24) is 9.78 Å². The van der Waals surface area contributed by atoms with Gasteiger partial charge in [-0.15, -0.1) is 6.58 Å². The summed E-state index contributed by atoms with van der Waals surface area (Å²) in [6, 6.07) is 0. The average molecular weight is 215 g/mol. The summed E-state index contributed by atoms with van der Waals surface area (Å²) in [5, 5.41) is 4.42. The SMILES string of the molecule is C=CC1C=CC(C)=C(c2nn(C)cc2N)C1. The molecule has 1 atom stereocenters. The molecule has 0 amide bonds. The molecule has 0 radical (unpaired) electrons. The maximum atomic E-state index is 5.95. The third-order valence-electron chi connectivity index (χ3n) is 2.95. The first-order valence-electron chi connectivity index (χ1n) is 5.42. The molecule has 3 heteroatoms. The molecule has 2 N–H and O–H groups in total. The number of nitrogens with two attached hydrogens (primary N) is 1. The van der Waals surface area contributed by atoms with Gasteiger partial charge in [0.15, 0.2) is 0 Å². The van der Waals surface area contributed by atoms with E-state index in [9.17, 15) is 0 Å². The number of hydrogen-bond acceptors (Lipinski definition) is 2. The summed E-state index contributed by atoms with van der Waals surface area (Å²) in [4.78, 5) is 0. The molecule has 0 spiro atoms. The molecule has 1 aliphatic carbocycles. The van der Waals surface area contributed by atoms with E-state index in [2.05, 4.69) is 30.8 Å². The minimum Gasteiger partial charge on any atom is -0.396 e.